The summed E-state index contributed by atoms with van der Waals surface area (Å²) in [5, 5.41) is 8.24. The summed E-state index contributed by atoms with van der Waals surface area (Å²) in [4.78, 5) is 0. The van der Waals surface area contributed by atoms with Crippen LogP contribution in [0.3, 0.4) is 0 Å². The van der Waals surface area contributed by atoms with Gasteiger partial charge in [0.2, 0.25) is 0 Å². The Kier molecular flexibility index (Phi) is 2.27. The van der Waals surface area contributed by atoms with Crippen molar-refractivity contribution < 1.29 is 8.78 Å². The summed E-state index contributed by atoms with van der Waals surface area (Å²) >= 11 is -0.717. The van der Waals surface area contributed by atoms with Crippen LogP contribution in [-0.4, -0.2) is 4.01 Å². The number of nitrogens with zero attached hydrogens (tertiary/aromatic N) is 1. The van der Waals surface area contributed by atoms with Crippen molar-refractivity contribution in [1.29, 1.82) is 5.26 Å². The van der Waals surface area contributed by atoms with Crippen molar-refractivity contribution in [2.45, 2.75) is 0 Å². The van der Waals surface area contributed by atoms with Gasteiger partial charge in [0.25, 0.3) is 0 Å². The summed E-state index contributed by atoms with van der Waals surface area (Å²) in [5.74, 6) is -1.90. The van der Waals surface area contributed by atoms with E-state index < -0.39 is 32.4 Å². The molecule has 0 bridgehead atoms. The van der Waals surface area contributed by atoms with Crippen molar-refractivity contribution in [2.75, 3.05) is 0 Å². The fourth-order valence-corrected chi connectivity index (χ4v) is 1.97. The van der Waals surface area contributed by atoms with Crippen LogP contribution in [-0.2, 0) is 0 Å². The van der Waals surface area contributed by atoms with E-state index in [1.165, 1.54) is 4.01 Å². The maximum atomic E-state index is 12.5. The maximum Gasteiger partial charge on any atom is 0.182 e. The normalized spacial score (nSPS) is 17.5. The number of hydrogen-bond donors (Lipinski definition) is 0. The summed E-state index contributed by atoms with van der Waals surface area (Å²) in [7, 11) is 0. The van der Waals surface area contributed by atoms with Gasteiger partial charge in [-0.05, 0) is 10.1 Å². The van der Waals surface area contributed by atoms with E-state index in [2.05, 4.69) is 0 Å². The molecule has 0 aliphatic carbocycles. The summed E-state index contributed by atoms with van der Waals surface area (Å²) in [6, 6.07) is 1.63. The molecule has 0 saturated carbocycles. The molecular formula is C6H2F2IN. The predicted octanol–water partition coefficient (Wildman–Crippen LogP) is 2.33. The van der Waals surface area contributed by atoms with Gasteiger partial charge in [-0.15, -0.1) is 0 Å². The van der Waals surface area contributed by atoms with Gasteiger partial charge in [-0.1, -0.05) is 20.7 Å². The first-order valence-electron chi connectivity index (χ1n) is 2.38. The second kappa shape index (κ2) is 3.01. The zero-order valence-corrected chi connectivity index (χ0v) is 6.89. The Labute approximate surface area is 66.4 Å². The molecule has 1 rings (SSSR count). The van der Waals surface area contributed by atoms with Crippen LogP contribution in [0.15, 0.2) is 21.3 Å². The average Bonchev–Trinajstić information content (AvgIpc) is 1.95. The van der Waals surface area contributed by atoms with Crippen molar-refractivity contribution in [3.05, 3.63) is 21.3 Å². The molecule has 0 aromatic rings. The molecule has 1 nitrogen and oxygen atoms in total. The molecule has 52 valence electrons. The van der Waals surface area contributed by atoms with Crippen LogP contribution in [0, 0.1) is 11.3 Å². The first kappa shape index (κ1) is 7.54. The van der Waals surface area contributed by atoms with Crippen LogP contribution < -0.4 is 0 Å². The number of hydrogen-bond acceptors (Lipinski definition) is 1. The lowest BCUT2D eigenvalue weighted by atomic mass is 10.4. The first-order chi connectivity index (χ1) is 4.75. The molecule has 0 aromatic heterocycles. The van der Waals surface area contributed by atoms with E-state index in [1.54, 1.807) is 6.07 Å². The van der Waals surface area contributed by atoms with Gasteiger partial charge in [0, 0.05) is 0 Å². The molecule has 0 aromatic carbocycles. The molecule has 10 heavy (non-hydrogen) atoms. The van der Waals surface area contributed by atoms with E-state index in [1.807, 2.05) is 0 Å². The minimum Gasteiger partial charge on any atom is -0.204 e. The van der Waals surface area contributed by atoms with E-state index in [9.17, 15) is 8.78 Å². The molecule has 0 spiro atoms. The lowest BCUT2D eigenvalue weighted by molar-refractivity contribution is 0.546. The molecule has 1 aliphatic rings. The second-order valence-corrected chi connectivity index (χ2v) is 3.91. The summed E-state index contributed by atoms with van der Waals surface area (Å²) in [6.45, 7) is 0. The summed E-state index contributed by atoms with van der Waals surface area (Å²) in [6.07, 6.45) is 1.07. The van der Waals surface area contributed by atoms with Gasteiger partial charge in [0.05, 0.1) is 0 Å². The Morgan fingerprint density at radius 3 is 2.70 bits per heavy atom. The molecule has 0 atom stereocenters. The fraction of sp³-hybridized carbons (Fsp3) is 0. The zero-order valence-electron chi connectivity index (χ0n) is 4.74. The third-order valence-electron chi connectivity index (χ3n) is 0.882. The van der Waals surface area contributed by atoms with Crippen molar-refractivity contribution in [3.8, 4) is 6.07 Å². The van der Waals surface area contributed by atoms with Crippen LogP contribution in [0.4, 0.5) is 8.78 Å². The monoisotopic (exact) mass is 253 g/mol. The van der Waals surface area contributed by atoms with Crippen LogP contribution >= 0.6 is 20.7 Å². The predicted molar refractivity (Wildman–Crippen MR) is 43.0 cm³/mol. The first-order valence-corrected chi connectivity index (χ1v) is 4.71. The van der Waals surface area contributed by atoms with Gasteiger partial charge < -0.3 is 0 Å². The average molecular weight is 253 g/mol. The Hall–Kier alpha value is -0.570. The highest BCUT2D eigenvalue weighted by atomic mass is 127. The Morgan fingerprint density at radius 2 is 2.20 bits per heavy atom. The topological polar surface area (TPSA) is 23.8 Å². The minimum absolute atomic E-state index is 0.0289. The molecule has 0 unspecified atom stereocenters. The van der Waals surface area contributed by atoms with Gasteiger partial charge in [0.15, 0.2) is 11.7 Å². The molecule has 1 aliphatic heterocycles. The van der Waals surface area contributed by atoms with Crippen molar-refractivity contribution in [3.63, 3.8) is 0 Å². The summed E-state index contributed by atoms with van der Waals surface area (Å²) in [5.41, 5.74) is 0. The highest BCUT2D eigenvalue weighted by Gasteiger charge is 2.11. The van der Waals surface area contributed by atoms with Crippen LogP contribution in [0.5, 0.6) is 0 Å². The lowest BCUT2D eigenvalue weighted by Gasteiger charge is -1.96. The Balaban J connectivity index is 3.15. The van der Waals surface area contributed by atoms with Crippen molar-refractivity contribution >= 4 is 24.7 Å². The zero-order chi connectivity index (χ0) is 7.56. The smallest absolute Gasteiger partial charge is 0.182 e. The second-order valence-electron chi connectivity index (χ2n) is 1.49. The molecule has 0 fully saturated rings. The fourth-order valence-electron chi connectivity index (χ4n) is 0.449. The van der Waals surface area contributed by atoms with Gasteiger partial charge >= 0.3 is 0 Å². The van der Waals surface area contributed by atoms with Crippen LogP contribution in [0.2, 0.25) is 0 Å². The Bertz CT molecular complexity index is 283. The van der Waals surface area contributed by atoms with Crippen LogP contribution in [0.25, 0.3) is 0 Å². The van der Waals surface area contributed by atoms with E-state index in [0.717, 1.165) is 6.08 Å². The van der Waals surface area contributed by atoms with E-state index in [-0.39, 0.29) is 3.58 Å². The summed E-state index contributed by atoms with van der Waals surface area (Å²) < 4.78 is 26.2. The third kappa shape index (κ3) is 1.29. The molecule has 0 N–H and O–H groups in total. The maximum absolute atomic E-state index is 12.5. The largest absolute Gasteiger partial charge is 0.204 e. The van der Waals surface area contributed by atoms with Crippen molar-refractivity contribution in [2.24, 2.45) is 0 Å². The minimum atomic E-state index is -0.974. The quantitative estimate of drug-likeness (QED) is 0.608. The highest BCUT2D eigenvalue weighted by molar-refractivity contribution is 14.2. The molecule has 0 saturated heterocycles. The lowest BCUT2D eigenvalue weighted by Crippen LogP contribution is -1.84. The van der Waals surface area contributed by atoms with E-state index >= 15 is 0 Å². The standard InChI is InChI=1S/C6H2F2IN/c7-4-1-2-9-5(3-10)6(4)8/h1-2H. The Morgan fingerprint density at radius 1 is 1.50 bits per heavy atom. The van der Waals surface area contributed by atoms with Gasteiger partial charge in [-0.2, -0.15) is 5.26 Å². The van der Waals surface area contributed by atoms with E-state index in [0.29, 0.717) is 0 Å². The third-order valence-corrected chi connectivity index (χ3v) is 2.94. The number of halogens is 3. The number of allylic oxidation sites excluding steroid dienone is 4. The molecule has 1 heterocycles. The van der Waals surface area contributed by atoms with Crippen molar-refractivity contribution in [1.82, 2.24) is 0 Å². The number of nitriles is 1. The molecular weight excluding hydrogens is 251 g/mol. The van der Waals surface area contributed by atoms with Crippen LogP contribution in [0.1, 0.15) is 0 Å². The highest BCUT2D eigenvalue weighted by Crippen LogP contribution is 2.28. The number of rotatable bonds is 0. The van der Waals surface area contributed by atoms with Gasteiger partial charge in [-0.25, -0.2) is 8.78 Å². The van der Waals surface area contributed by atoms with E-state index in [4.69, 9.17) is 5.26 Å². The van der Waals surface area contributed by atoms with Gasteiger partial charge in [-0.3, -0.25) is 0 Å². The SMILES string of the molecule is N#CC1=C(F)C(F)=CC=I1. The molecule has 0 amide bonds. The molecule has 4 heteroatoms. The van der Waals surface area contributed by atoms with Gasteiger partial charge in [0.1, 0.15) is 9.65 Å². The molecule has 0 radical (unpaired) electrons.